The predicted molar refractivity (Wildman–Crippen MR) is 107 cm³/mol. The van der Waals surface area contributed by atoms with Crippen LogP contribution in [0.3, 0.4) is 0 Å². The molecule has 1 amide bonds. The number of carbonyl (C=O) groups is 1. The molecule has 2 aromatic carbocycles. The molecule has 0 radical (unpaired) electrons. The van der Waals surface area contributed by atoms with Gasteiger partial charge in [-0.2, -0.15) is 0 Å². The number of aryl methyl sites for hydroxylation is 1. The summed E-state index contributed by atoms with van der Waals surface area (Å²) in [5, 5.41) is 0.672. The highest BCUT2D eigenvalue weighted by molar-refractivity contribution is 6.06. The van der Waals surface area contributed by atoms with E-state index in [1.165, 1.54) is 17.7 Å². The summed E-state index contributed by atoms with van der Waals surface area (Å²) in [4.78, 5) is 19.3. The van der Waals surface area contributed by atoms with Gasteiger partial charge < -0.3 is 4.90 Å². The third-order valence-corrected chi connectivity index (χ3v) is 5.24. The molecular formula is C22H23FN4O. The van der Waals surface area contributed by atoms with Gasteiger partial charge in [0, 0.05) is 43.2 Å². The van der Waals surface area contributed by atoms with Crippen molar-refractivity contribution in [1.82, 2.24) is 20.7 Å². The fourth-order valence-corrected chi connectivity index (χ4v) is 3.87. The van der Waals surface area contributed by atoms with E-state index in [-0.39, 0.29) is 23.7 Å². The lowest BCUT2D eigenvalue weighted by Crippen LogP contribution is -2.35. The molecule has 28 heavy (non-hydrogen) atoms. The van der Waals surface area contributed by atoms with Crippen LogP contribution in [0, 0.1) is 18.7 Å². The van der Waals surface area contributed by atoms with Gasteiger partial charge in [-0.3, -0.25) is 15.2 Å². The minimum absolute atomic E-state index is 0.0826. The number of halogens is 1. The van der Waals surface area contributed by atoms with Crippen molar-refractivity contribution >= 4 is 16.8 Å². The van der Waals surface area contributed by atoms with Crippen molar-refractivity contribution in [3.63, 3.8) is 0 Å². The number of hydrazine groups is 1. The lowest BCUT2D eigenvalue weighted by atomic mass is 9.94. The van der Waals surface area contributed by atoms with Crippen molar-refractivity contribution in [3.05, 3.63) is 77.2 Å². The monoisotopic (exact) mass is 378 g/mol. The van der Waals surface area contributed by atoms with Crippen molar-refractivity contribution in [3.8, 4) is 0 Å². The minimum Gasteiger partial charge on any atom is -0.341 e. The molecular weight excluding hydrogens is 355 g/mol. The Kier molecular flexibility index (Phi) is 5.07. The van der Waals surface area contributed by atoms with Crippen molar-refractivity contribution in [2.24, 2.45) is 5.92 Å². The molecule has 2 atom stereocenters. The van der Waals surface area contributed by atoms with Gasteiger partial charge in [-0.25, -0.2) is 9.82 Å². The fourth-order valence-electron chi connectivity index (χ4n) is 3.87. The van der Waals surface area contributed by atoms with Crippen LogP contribution in [-0.4, -0.2) is 35.9 Å². The lowest BCUT2D eigenvalue weighted by molar-refractivity contribution is 0.0773. The van der Waals surface area contributed by atoms with E-state index in [1.807, 2.05) is 32.2 Å². The summed E-state index contributed by atoms with van der Waals surface area (Å²) in [6, 6.07) is 16.5. The maximum Gasteiger partial charge on any atom is 0.254 e. The molecule has 2 heterocycles. The molecule has 5 nitrogen and oxygen atoms in total. The number of pyridine rings is 1. The molecule has 3 aromatic rings. The molecule has 1 saturated heterocycles. The van der Waals surface area contributed by atoms with Gasteiger partial charge in [0.25, 0.3) is 5.91 Å². The van der Waals surface area contributed by atoms with E-state index < -0.39 is 0 Å². The molecule has 144 valence electrons. The molecule has 6 heteroatoms. The zero-order valence-corrected chi connectivity index (χ0v) is 15.9. The Morgan fingerprint density at radius 3 is 2.79 bits per heavy atom. The Hall–Kier alpha value is -2.83. The number of rotatable bonds is 4. The maximum atomic E-state index is 13.6. The Balaban J connectivity index is 1.58. The van der Waals surface area contributed by atoms with Gasteiger partial charge in [-0.1, -0.05) is 30.3 Å². The highest BCUT2D eigenvalue weighted by Gasteiger charge is 2.30. The van der Waals surface area contributed by atoms with E-state index in [0.717, 1.165) is 6.54 Å². The van der Waals surface area contributed by atoms with Crippen molar-refractivity contribution < 1.29 is 9.18 Å². The normalized spacial score (nSPS) is 19.1. The smallest absolute Gasteiger partial charge is 0.254 e. The Labute approximate surface area is 163 Å². The van der Waals surface area contributed by atoms with Gasteiger partial charge in [0.15, 0.2) is 0 Å². The summed E-state index contributed by atoms with van der Waals surface area (Å²) < 4.78 is 13.6. The number of benzene rings is 2. The first kappa shape index (κ1) is 18.5. The van der Waals surface area contributed by atoms with Crippen LogP contribution in [0.15, 0.2) is 54.6 Å². The van der Waals surface area contributed by atoms with Crippen LogP contribution in [-0.2, 0) is 0 Å². The summed E-state index contributed by atoms with van der Waals surface area (Å²) in [7, 11) is 1.81. The number of hydrogen-bond donors (Lipinski definition) is 2. The van der Waals surface area contributed by atoms with Crippen LogP contribution < -0.4 is 10.9 Å². The van der Waals surface area contributed by atoms with E-state index in [4.69, 9.17) is 0 Å². The van der Waals surface area contributed by atoms with Crippen molar-refractivity contribution in [1.29, 1.82) is 0 Å². The summed E-state index contributed by atoms with van der Waals surface area (Å²) in [5.74, 6) is -0.199. The highest BCUT2D eigenvalue weighted by Crippen LogP contribution is 2.26. The first-order chi connectivity index (χ1) is 13.5. The van der Waals surface area contributed by atoms with E-state index in [2.05, 4.69) is 28.0 Å². The number of nitrogens with one attached hydrogen (secondary N) is 2. The average Bonchev–Trinajstić information content (AvgIpc) is 3.15. The summed E-state index contributed by atoms with van der Waals surface area (Å²) in [6.45, 7) is 3.19. The molecule has 0 saturated carbocycles. The van der Waals surface area contributed by atoms with Crippen LogP contribution in [0.2, 0.25) is 0 Å². The Morgan fingerprint density at radius 1 is 1.21 bits per heavy atom. The predicted octanol–water partition coefficient (Wildman–Crippen LogP) is 3.22. The van der Waals surface area contributed by atoms with Crippen LogP contribution in [0.25, 0.3) is 10.9 Å². The van der Waals surface area contributed by atoms with Crippen LogP contribution in [0.5, 0.6) is 0 Å². The number of aromatic nitrogens is 1. The zero-order chi connectivity index (χ0) is 19.7. The van der Waals surface area contributed by atoms with Gasteiger partial charge in [-0.05, 0) is 30.7 Å². The lowest BCUT2D eigenvalue weighted by Gasteiger charge is -2.25. The van der Waals surface area contributed by atoms with E-state index in [9.17, 15) is 9.18 Å². The minimum atomic E-state index is -0.355. The second kappa shape index (κ2) is 7.66. The number of fused-ring (bicyclic) bond motifs is 1. The molecule has 2 N–H and O–H groups in total. The zero-order valence-electron chi connectivity index (χ0n) is 15.9. The Morgan fingerprint density at radius 2 is 2.00 bits per heavy atom. The topological polar surface area (TPSA) is 57.3 Å². The molecule has 4 rings (SSSR count). The number of hydrogen-bond acceptors (Lipinski definition) is 4. The van der Waals surface area contributed by atoms with E-state index >= 15 is 0 Å². The second-order valence-corrected chi connectivity index (χ2v) is 7.33. The first-order valence-electron chi connectivity index (χ1n) is 9.38. The molecule has 0 aliphatic carbocycles. The van der Waals surface area contributed by atoms with Crippen LogP contribution >= 0.6 is 0 Å². The van der Waals surface area contributed by atoms with E-state index in [0.29, 0.717) is 28.7 Å². The Bertz CT molecular complexity index is 1000. The number of amides is 1. The van der Waals surface area contributed by atoms with Crippen LogP contribution in [0.4, 0.5) is 4.39 Å². The average molecular weight is 378 g/mol. The molecule has 1 aromatic heterocycles. The molecule has 1 fully saturated rings. The van der Waals surface area contributed by atoms with Crippen LogP contribution in [0.1, 0.15) is 27.7 Å². The second-order valence-electron chi connectivity index (χ2n) is 7.33. The summed E-state index contributed by atoms with van der Waals surface area (Å²) in [6.07, 6.45) is 0. The highest BCUT2D eigenvalue weighted by atomic mass is 19.1. The van der Waals surface area contributed by atoms with Crippen molar-refractivity contribution in [2.45, 2.75) is 13.0 Å². The summed E-state index contributed by atoms with van der Waals surface area (Å²) >= 11 is 0. The van der Waals surface area contributed by atoms with Gasteiger partial charge in [0.05, 0.1) is 17.1 Å². The van der Waals surface area contributed by atoms with Gasteiger partial charge in [-0.15, -0.1) is 0 Å². The third-order valence-electron chi connectivity index (χ3n) is 5.24. The molecule has 1 aliphatic heterocycles. The van der Waals surface area contributed by atoms with Crippen molar-refractivity contribution in [2.75, 3.05) is 20.1 Å². The standard InChI is InChI=1S/C22H23FN4O/c1-14-10-19(18-9-8-17(23)11-20(18)25-14)22(28)27(2)13-16-12-24-26-21(16)15-6-4-3-5-7-15/h3-11,16,21,24,26H,12-13H2,1-2H3. The quantitative estimate of drug-likeness (QED) is 0.732. The van der Waals surface area contributed by atoms with E-state index in [1.54, 1.807) is 17.0 Å². The first-order valence-corrected chi connectivity index (χ1v) is 9.38. The third kappa shape index (κ3) is 3.61. The molecule has 1 aliphatic rings. The van der Waals surface area contributed by atoms with Gasteiger partial charge in [0.2, 0.25) is 0 Å². The van der Waals surface area contributed by atoms with Gasteiger partial charge >= 0.3 is 0 Å². The summed E-state index contributed by atoms with van der Waals surface area (Å²) in [5.41, 5.74) is 9.47. The molecule has 0 spiro atoms. The number of nitrogens with zero attached hydrogens (tertiary/aromatic N) is 2. The number of carbonyl (C=O) groups excluding carboxylic acids is 1. The largest absolute Gasteiger partial charge is 0.341 e. The fraction of sp³-hybridized carbons (Fsp3) is 0.273. The molecule has 2 unspecified atom stereocenters. The SMILES string of the molecule is Cc1cc(C(=O)N(C)CC2CNNC2c2ccccc2)c2ccc(F)cc2n1. The van der Waals surface area contributed by atoms with Gasteiger partial charge in [0.1, 0.15) is 5.82 Å². The molecule has 0 bridgehead atoms. The maximum absolute atomic E-state index is 13.6.